The van der Waals surface area contributed by atoms with E-state index in [1.807, 2.05) is 6.07 Å². The first-order valence-electron chi connectivity index (χ1n) is 6.84. The number of nitro groups is 1. The molecule has 1 N–H and O–H groups in total. The van der Waals surface area contributed by atoms with Crippen molar-refractivity contribution < 1.29 is 9.31 Å². The number of nitro benzene ring substituents is 1. The van der Waals surface area contributed by atoms with Gasteiger partial charge in [-0.2, -0.15) is 0 Å². The quantitative estimate of drug-likeness (QED) is 0.681. The van der Waals surface area contributed by atoms with Gasteiger partial charge in [-0.1, -0.05) is 6.07 Å². The molecule has 1 unspecified atom stereocenters. The van der Waals surface area contributed by atoms with Crippen LogP contribution in [0, 0.1) is 22.9 Å². The van der Waals surface area contributed by atoms with E-state index in [1.54, 1.807) is 25.1 Å². The maximum Gasteiger partial charge on any atom is 0.272 e. The monoisotopic (exact) mass is 286 g/mol. The highest BCUT2D eigenvalue weighted by Gasteiger charge is 2.23. The minimum Gasteiger partial charge on any atom is -0.378 e. The molecule has 0 aromatic heterocycles. The lowest BCUT2D eigenvalue weighted by atomic mass is 10.1. The van der Waals surface area contributed by atoms with Crippen molar-refractivity contribution in [3.8, 4) is 0 Å². The summed E-state index contributed by atoms with van der Waals surface area (Å²) in [6.45, 7) is 1.71. The molecule has 2 aromatic rings. The third kappa shape index (κ3) is 2.59. The van der Waals surface area contributed by atoms with Gasteiger partial charge in [0.2, 0.25) is 0 Å². The fourth-order valence-electron chi connectivity index (χ4n) is 2.87. The van der Waals surface area contributed by atoms with E-state index in [0.717, 1.165) is 29.7 Å². The van der Waals surface area contributed by atoms with Crippen molar-refractivity contribution in [1.29, 1.82) is 0 Å². The van der Waals surface area contributed by atoms with Gasteiger partial charge in [0.25, 0.3) is 5.69 Å². The standard InChI is InChI=1S/C16H15FN2O2/c1-10-8-13(5-7-16(10)19(20)21)18-15-6-3-11-2-4-12(17)9-14(11)15/h2,4-5,7-9,15,18H,3,6H2,1H3. The summed E-state index contributed by atoms with van der Waals surface area (Å²) in [5, 5.41) is 14.2. The van der Waals surface area contributed by atoms with Crippen LogP contribution in [-0.2, 0) is 6.42 Å². The molecule has 0 spiro atoms. The van der Waals surface area contributed by atoms with Gasteiger partial charge in [0, 0.05) is 17.3 Å². The van der Waals surface area contributed by atoms with E-state index in [-0.39, 0.29) is 22.5 Å². The van der Waals surface area contributed by atoms with E-state index < -0.39 is 0 Å². The van der Waals surface area contributed by atoms with Crippen molar-refractivity contribution in [1.82, 2.24) is 0 Å². The Bertz CT molecular complexity index is 715. The molecule has 1 atom stereocenters. The van der Waals surface area contributed by atoms with Gasteiger partial charge in [-0.25, -0.2) is 4.39 Å². The predicted octanol–water partition coefficient (Wildman–Crippen LogP) is 4.14. The molecule has 5 heteroatoms. The van der Waals surface area contributed by atoms with Crippen LogP contribution in [0.4, 0.5) is 15.8 Å². The summed E-state index contributed by atoms with van der Waals surface area (Å²) in [5.41, 5.74) is 3.68. The summed E-state index contributed by atoms with van der Waals surface area (Å²) in [6, 6.07) is 9.89. The van der Waals surface area contributed by atoms with Crippen LogP contribution >= 0.6 is 0 Å². The first kappa shape index (κ1) is 13.5. The van der Waals surface area contributed by atoms with Crippen molar-refractivity contribution in [2.24, 2.45) is 0 Å². The van der Waals surface area contributed by atoms with E-state index in [0.29, 0.717) is 5.56 Å². The first-order chi connectivity index (χ1) is 10.0. The summed E-state index contributed by atoms with van der Waals surface area (Å²) >= 11 is 0. The van der Waals surface area contributed by atoms with Gasteiger partial charge in [0.1, 0.15) is 5.82 Å². The summed E-state index contributed by atoms with van der Waals surface area (Å²) in [4.78, 5) is 10.4. The smallest absolute Gasteiger partial charge is 0.272 e. The molecular weight excluding hydrogens is 271 g/mol. The molecule has 0 radical (unpaired) electrons. The Morgan fingerprint density at radius 1 is 1.29 bits per heavy atom. The highest BCUT2D eigenvalue weighted by atomic mass is 19.1. The van der Waals surface area contributed by atoms with Crippen LogP contribution in [0.2, 0.25) is 0 Å². The van der Waals surface area contributed by atoms with Gasteiger partial charge in [0.15, 0.2) is 0 Å². The topological polar surface area (TPSA) is 55.2 Å². The highest BCUT2D eigenvalue weighted by Crippen LogP contribution is 2.35. The van der Waals surface area contributed by atoms with E-state index in [4.69, 9.17) is 0 Å². The van der Waals surface area contributed by atoms with Crippen molar-refractivity contribution in [2.45, 2.75) is 25.8 Å². The van der Waals surface area contributed by atoms with E-state index >= 15 is 0 Å². The number of hydrogen-bond acceptors (Lipinski definition) is 3. The predicted molar refractivity (Wildman–Crippen MR) is 78.9 cm³/mol. The number of halogens is 1. The molecule has 0 saturated carbocycles. The van der Waals surface area contributed by atoms with Gasteiger partial charge in [0.05, 0.1) is 11.0 Å². The molecule has 1 aliphatic rings. The second kappa shape index (κ2) is 5.16. The summed E-state index contributed by atoms with van der Waals surface area (Å²) < 4.78 is 13.4. The molecule has 0 saturated heterocycles. The highest BCUT2D eigenvalue weighted by molar-refractivity contribution is 5.55. The van der Waals surface area contributed by atoms with Crippen LogP contribution in [0.15, 0.2) is 36.4 Å². The Morgan fingerprint density at radius 2 is 2.10 bits per heavy atom. The minimum atomic E-state index is -0.390. The first-order valence-corrected chi connectivity index (χ1v) is 6.84. The molecule has 1 aliphatic carbocycles. The van der Waals surface area contributed by atoms with Crippen LogP contribution in [0.5, 0.6) is 0 Å². The van der Waals surface area contributed by atoms with Crippen molar-refractivity contribution in [3.05, 3.63) is 69.0 Å². The number of hydrogen-bond donors (Lipinski definition) is 1. The molecule has 0 bridgehead atoms. The van der Waals surface area contributed by atoms with E-state index in [9.17, 15) is 14.5 Å². The molecule has 21 heavy (non-hydrogen) atoms. The Balaban J connectivity index is 1.85. The molecular formula is C16H15FN2O2. The van der Waals surface area contributed by atoms with Gasteiger partial charge in [-0.3, -0.25) is 10.1 Å². The minimum absolute atomic E-state index is 0.0524. The molecule has 3 rings (SSSR count). The number of nitrogens with zero attached hydrogens (tertiary/aromatic N) is 1. The lowest BCUT2D eigenvalue weighted by molar-refractivity contribution is -0.385. The zero-order chi connectivity index (χ0) is 15.0. The molecule has 0 amide bonds. The lowest BCUT2D eigenvalue weighted by Gasteiger charge is -2.16. The fourth-order valence-corrected chi connectivity index (χ4v) is 2.87. The van der Waals surface area contributed by atoms with Gasteiger partial charge < -0.3 is 5.32 Å². The van der Waals surface area contributed by atoms with Crippen LogP contribution in [0.25, 0.3) is 0 Å². The van der Waals surface area contributed by atoms with Crippen LogP contribution in [0.3, 0.4) is 0 Å². The fraction of sp³-hybridized carbons (Fsp3) is 0.250. The van der Waals surface area contributed by atoms with Gasteiger partial charge in [-0.15, -0.1) is 0 Å². The molecule has 0 heterocycles. The van der Waals surface area contributed by atoms with Crippen LogP contribution in [-0.4, -0.2) is 4.92 Å². The van der Waals surface area contributed by atoms with Crippen molar-refractivity contribution in [3.63, 3.8) is 0 Å². The molecule has 2 aromatic carbocycles. The van der Waals surface area contributed by atoms with Crippen molar-refractivity contribution >= 4 is 11.4 Å². The average Bonchev–Trinajstić information content (AvgIpc) is 2.81. The number of benzene rings is 2. The third-order valence-corrected chi connectivity index (χ3v) is 3.92. The van der Waals surface area contributed by atoms with Crippen molar-refractivity contribution in [2.75, 3.05) is 5.32 Å². The van der Waals surface area contributed by atoms with Gasteiger partial charge >= 0.3 is 0 Å². The number of aryl methyl sites for hydroxylation is 2. The molecule has 4 nitrogen and oxygen atoms in total. The zero-order valence-electron chi connectivity index (χ0n) is 11.6. The maximum atomic E-state index is 13.4. The number of fused-ring (bicyclic) bond motifs is 1. The second-order valence-electron chi connectivity index (χ2n) is 5.34. The number of rotatable bonds is 3. The Morgan fingerprint density at radius 3 is 2.81 bits per heavy atom. The number of anilines is 1. The summed E-state index contributed by atoms with van der Waals surface area (Å²) in [7, 11) is 0. The van der Waals surface area contributed by atoms with E-state index in [1.165, 1.54) is 12.1 Å². The van der Waals surface area contributed by atoms with Crippen LogP contribution in [0.1, 0.15) is 29.2 Å². The Labute approximate surface area is 121 Å². The Hall–Kier alpha value is -2.43. The zero-order valence-corrected chi connectivity index (χ0v) is 11.6. The molecule has 108 valence electrons. The average molecular weight is 286 g/mol. The largest absolute Gasteiger partial charge is 0.378 e. The van der Waals surface area contributed by atoms with Gasteiger partial charge in [-0.05, 0) is 55.2 Å². The Kier molecular flexibility index (Phi) is 3.33. The second-order valence-corrected chi connectivity index (χ2v) is 5.34. The summed E-state index contributed by atoms with van der Waals surface area (Å²) in [5.74, 6) is -0.234. The molecule has 0 fully saturated rings. The number of nitrogens with one attached hydrogen (secondary N) is 1. The summed E-state index contributed by atoms with van der Waals surface area (Å²) in [6.07, 6.45) is 1.81. The molecule has 0 aliphatic heterocycles. The van der Waals surface area contributed by atoms with E-state index in [2.05, 4.69) is 5.32 Å². The SMILES string of the molecule is Cc1cc(NC2CCc3ccc(F)cc32)ccc1[N+](=O)[O-]. The normalized spacial score (nSPS) is 16.6. The van der Waals surface area contributed by atoms with Crippen LogP contribution < -0.4 is 5.32 Å². The third-order valence-electron chi connectivity index (χ3n) is 3.92. The maximum absolute atomic E-state index is 13.4. The lowest BCUT2D eigenvalue weighted by Crippen LogP contribution is -2.07.